The van der Waals surface area contributed by atoms with E-state index >= 15 is 0 Å². The van der Waals surface area contributed by atoms with Crippen LogP contribution >= 0.6 is 0 Å². The minimum Gasteiger partial charge on any atom is -0.375 e. The second-order valence-corrected chi connectivity index (χ2v) is 4.70. The highest BCUT2D eigenvalue weighted by Gasteiger charge is 2.20. The number of nitrogens with zero attached hydrogens (tertiary/aromatic N) is 1. The zero-order valence-electron chi connectivity index (χ0n) is 10.7. The third kappa shape index (κ3) is 2.79. The van der Waals surface area contributed by atoms with Crippen molar-refractivity contribution in [3.63, 3.8) is 0 Å². The summed E-state index contributed by atoms with van der Waals surface area (Å²) < 4.78 is 5.58. The van der Waals surface area contributed by atoms with E-state index in [1.54, 1.807) is 0 Å². The summed E-state index contributed by atoms with van der Waals surface area (Å²) in [5.74, 6) is 0. The lowest BCUT2D eigenvalue weighted by atomic mass is 10.0. The average molecular weight is 234 g/mol. The Morgan fingerprint density at radius 2 is 2.24 bits per heavy atom. The molecule has 17 heavy (non-hydrogen) atoms. The first-order chi connectivity index (χ1) is 8.22. The molecule has 0 spiro atoms. The van der Waals surface area contributed by atoms with Crippen molar-refractivity contribution in [2.45, 2.75) is 32.4 Å². The van der Waals surface area contributed by atoms with E-state index in [0.29, 0.717) is 6.10 Å². The maximum atomic E-state index is 6.18. The van der Waals surface area contributed by atoms with Gasteiger partial charge >= 0.3 is 0 Å². The zero-order valence-corrected chi connectivity index (χ0v) is 10.7. The molecular weight excluding hydrogens is 212 g/mol. The van der Waals surface area contributed by atoms with Crippen LogP contribution in [0.25, 0.3) is 0 Å². The molecule has 1 aliphatic heterocycles. The Bertz CT molecular complexity index is 367. The van der Waals surface area contributed by atoms with Crippen LogP contribution in [-0.4, -0.2) is 25.8 Å². The molecule has 1 aliphatic rings. The van der Waals surface area contributed by atoms with Gasteiger partial charge in [-0.2, -0.15) is 0 Å². The van der Waals surface area contributed by atoms with Gasteiger partial charge in [0.1, 0.15) is 0 Å². The molecule has 0 amide bonds. The quantitative estimate of drug-likeness (QED) is 0.872. The highest BCUT2D eigenvalue weighted by Crippen LogP contribution is 2.27. The van der Waals surface area contributed by atoms with E-state index < -0.39 is 0 Å². The van der Waals surface area contributed by atoms with Gasteiger partial charge in [0.2, 0.25) is 0 Å². The molecule has 94 valence electrons. The number of hydrogen-bond donors (Lipinski definition) is 1. The van der Waals surface area contributed by atoms with Crippen molar-refractivity contribution in [3.8, 4) is 0 Å². The predicted octanol–water partition coefficient (Wildman–Crippen LogP) is 2.32. The summed E-state index contributed by atoms with van der Waals surface area (Å²) in [7, 11) is 0. The molecule has 1 aromatic carbocycles. The predicted molar refractivity (Wildman–Crippen MR) is 71.3 cm³/mol. The fourth-order valence-electron chi connectivity index (χ4n) is 2.35. The van der Waals surface area contributed by atoms with Gasteiger partial charge in [-0.05, 0) is 25.0 Å². The van der Waals surface area contributed by atoms with Crippen molar-refractivity contribution in [2.75, 3.05) is 24.6 Å². The molecule has 1 heterocycles. The second kappa shape index (κ2) is 5.52. The smallest absolute Gasteiger partial charge is 0.0722 e. The fraction of sp³-hybridized carbons (Fsp3) is 0.571. The van der Waals surface area contributed by atoms with Gasteiger partial charge in [0.15, 0.2) is 0 Å². The third-order valence-corrected chi connectivity index (χ3v) is 3.36. The van der Waals surface area contributed by atoms with Crippen LogP contribution in [0.4, 0.5) is 5.69 Å². The van der Waals surface area contributed by atoms with Crippen molar-refractivity contribution >= 4 is 5.69 Å². The summed E-state index contributed by atoms with van der Waals surface area (Å²) in [4.78, 5) is 2.39. The first-order valence-electron chi connectivity index (χ1n) is 6.43. The van der Waals surface area contributed by atoms with Crippen LogP contribution in [0.5, 0.6) is 0 Å². The van der Waals surface area contributed by atoms with Crippen molar-refractivity contribution in [2.24, 2.45) is 5.73 Å². The molecular formula is C14H22N2O. The monoisotopic (exact) mass is 234 g/mol. The normalized spacial score (nSPS) is 22.5. The summed E-state index contributed by atoms with van der Waals surface area (Å²) in [6, 6.07) is 8.59. The van der Waals surface area contributed by atoms with Crippen molar-refractivity contribution in [3.05, 3.63) is 29.8 Å². The average Bonchev–Trinajstić information content (AvgIpc) is 2.38. The number of hydrogen-bond acceptors (Lipinski definition) is 3. The second-order valence-electron chi connectivity index (χ2n) is 4.70. The van der Waals surface area contributed by atoms with Crippen molar-refractivity contribution < 1.29 is 4.74 Å². The summed E-state index contributed by atoms with van der Waals surface area (Å²) >= 11 is 0. The summed E-state index contributed by atoms with van der Waals surface area (Å²) in [5.41, 5.74) is 8.71. The fourth-order valence-corrected chi connectivity index (χ4v) is 2.35. The number of rotatable bonds is 3. The van der Waals surface area contributed by atoms with Gasteiger partial charge in [-0.25, -0.2) is 0 Å². The Morgan fingerprint density at radius 3 is 2.94 bits per heavy atom. The molecule has 0 saturated carbocycles. The van der Waals surface area contributed by atoms with E-state index in [-0.39, 0.29) is 6.04 Å². The highest BCUT2D eigenvalue weighted by atomic mass is 16.5. The molecule has 1 saturated heterocycles. The lowest BCUT2D eigenvalue weighted by Gasteiger charge is -2.35. The maximum absolute atomic E-state index is 6.18. The minimum absolute atomic E-state index is 0.129. The van der Waals surface area contributed by atoms with Crippen LogP contribution in [0, 0.1) is 0 Å². The number of para-hydroxylation sites is 1. The van der Waals surface area contributed by atoms with Crippen LogP contribution < -0.4 is 10.6 Å². The first kappa shape index (κ1) is 12.4. The molecule has 0 bridgehead atoms. The Balaban J connectivity index is 2.24. The van der Waals surface area contributed by atoms with E-state index in [0.717, 1.165) is 26.1 Å². The number of nitrogens with two attached hydrogens (primary N) is 1. The number of ether oxygens (including phenoxy) is 1. The molecule has 2 atom stereocenters. The number of morpholine rings is 1. The lowest BCUT2D eigenvalue weighted by Crippen LogP contribution is -2.41. The number of anilines is 1. The molecule has 1 fully saturated rings. The molecule has 2 N–H and O–H groups in total. The van der Waals surface area contributed by atoms with Gasteiger partial charge in [0.25, 0.3) is 0 Å². The minimum atomic E-state index is 0.129. The molecule has 0 aromatic heterocycles. The Morgan fingerprint density at radius 1 is 1.47 bits per heavy atom. The van der Waals surface area contributed by atoms with E-state index in [1.807, 2.05) is 0 Å². The highest BCUT2D eigenvalue weighted by molar-refractivity contribution is 5.55. The van der Waals surface area contributed by atoms with Crippen LogP contribution in [0.15, 0.2) is 24.3 Å². The first-order valence-corrected chi connectivity index (χ1v) is 6.43. The van der Waals surface area contributed by atoms with Gasteiger partial charge in [-0.1, -0.05) is 25.1 Å². The van der Waals surface area contributed by atoms with Gasteiger partial charge in [0, 0.05) is 24.8 Å². The molecule has 0 aliphatic carbocycles. The largest absolute Gasteiger partial charge is 0.375 e. The summed E-state index contributed by atoms with van der Waals surface area (Å²) in [6.45, 7) is 6.96. The molecule has 0 radical (unpaired) electrons. The topological polar surface area (TPSA) is 38.5 Å². The van der Waals surface area contributed by atoms with Crippen LogP contribution in [0.1, 0.15) is 31.9 Å². The third-order valence-electron chi connectivity index (χ3n) is 3.36. The Hall–Kier alpha value is -1.06. The number of benzene rings is 1. The van der Waals surface area contributed by atoms with Crippen LogP contribution in [-0.2, 0) is 4.74 Å². The van der Waals surface area contributed by atoms with Crippen LogP contribution in [0.3, 0.4) is 0 Å². The molecule has 2 rings (SSSR count). The standard InChI is InChI=1S/C14H22N2O/c1-3-13(15)12-6-4-5-7-14(12)16-8-9-17-11(2)10-16/h4-7,11,13H,3,8-10,15H2,1-2H3/t11?,13-/m0/s1. The summed E-state index contributed by atoms with van der Waals surface area (Å²) in [5, 5.41) is 0. The SMILES string of the molecule is CC[C@H](N)c1ccccc1N1CCOC(C)C1. The van der Waals surface area contributed by atoms with Gasteiger partial charge in [0.05, 0.1) is 12.7 Å². The van der Waals surface area contributed by atoms with Crippen LogP contribution in [0.2, 0.25) is 0 Å². The van der Waals surface area contributed by atoms with Gasteiger partial charge in [-0.15, -0.1) is 0 Å². The van der Waals surface area contributed by atoms with Crippen molar-refractivity contribution in [1.29, 1.82) is 0 Å². The Labute approximate surface area is 104 Å². The molecule has 1 unspecified atom stereocenters. The maximum Gasteiger partial charge on any atom is 0.0722 e. The summed E-state index contributed by atoms with van der Waals surface area (Å²) in [6.07, 6.45) is 1.27. The van der Waals surface area contributed by atoms with Gasteiger partial charge < -0.3 is 15.4 Å². The molecule has 3 nitrogen and oxygen atoms in total. The zero-order chi connectivity index (χ0) is 12.3. The molecule has 3 heteroatoms. The van der Waals surface area contributed by atoms with Gasteiger partial charge in [-0.3, -0.25) is 0 Å². The van der Waals surface area contributed by atoms with E-state index in [1.165, 1.54) is 11.3 Å². The van der Waals surface area contributed by atoms with E-state index in [4.69, 9.17) is 10.5 Å². The lowest BCUT2D eigenvalue weighted by molar-refractivity contribution is 0.0531. The van der Waals surface area contributed by atoms with E-state index in [9.17, 15) is 0 Å². The van der Waals surface area contributed by atoms with Crippen molar-refractivity contribution in [1.82, 2.24) is 0 Å². The Kier molecular flexibility index (Phi) is 4.02. The van der Waals surface area contributed by atoms with E-state index in [2.05, 4.69) is 43.0 Å². The molecule has 1 aromatic rings.